The summed E-state index contributed by atoms with van der Waals surface area (Å²) in [6, 6.07) is 14.0. The van der Waals surface area contributed by atoms with Crippen molar-refractivity contribution >= 4 is 17.4 Å². The van der Waals surface area contributed by atoms with Gasteiger partial charge in [0, 0.05) is 12.2 Å². The highest BCUT2D eigenvalue weighted by Gasteiger charge is 2.09. The van der Waals surface area contributed by atoms with Crippen molar-refractivity contribution in [2.45, 2.75) is 27.3 Å². The predicted octanol–water partition coefficient (Wildman–Crippen LogP) is 4.08. The van der Waals surface area contributed by atoms with Crippen molar-refractivity contribution < 1.29 is 4.79 Å². The summed E-state index contributed by atoms with van der Waals surface area (Å²) < 4.78 is 0. The van der Waals surface area contributed by atoms with Crippen LogP contribution in [-0.2, 0) is 6.54 Å². The normalized spacial score (nSPS) is 10.4. The van der Waals surface area contributed by atoms with Crippen LogP contribution in [0.1, 0.15) is 32.7 Å². The van der Waals surface area contributed by atoms with Crippen LogP contribution in [0.2, 0.25) is 0 Å². The van der Waals surface area contributed by atoms with Crippen molar-refractivity contribution in [1.29, 1.82) is 0 Å². The van der Waals surface area contributed by atoms with E-state index in [0.717, 1.165) is 22.4 Å². The molecule has 0 unspecified atom stereocenters. The summed E-state index contributed by atoms with van der Waals surface area (Å²) in [5, 5.41) is 6.13. The van der Waals surface area contributed by atoms with Crippen molar-refractivity contribution in [2.75, 3.05) is 5.32 Å². The molecule has 26 heavy (non-hydrogen) atoms. The number of aromatic nitrogens is 2. The van der Waals surface area contributed by atoms with Crippen LogP contribution in [0.25, 0.3) is 0 Å². The molecule has 0 radical (unpaired) electrons. The van der Waals surface area contributed by atoms with Gasteiger partial charge >= 0.3 is 0 Å². The number of carbonyl (C=O) groups excluding carboxylic acids is 1. The minimum absolute atomic E-state index is 0.240. The quantitative estimate of drug-likeness (QED) is 0.731. The van der Waals surface area contributed by atoms with Crippen LogP contribution >= 0.6 is 0 Å². The summed E-state index contributed by atoms with van der Waals surface area (Å²) >= 11 is 0. The monoisotopic (exact) mass is 346 g/mol. The molecule has 0 saturated heterocycles. The van der Waals surface area contributed by atoms with Crippen LogP contribution in [-0.4, -0.2) is 15.9 Å². The summed E-state index contributed by atoms with van der Waals surface area (Å²) in [6.45, 7) is 6.65. The van der Waals surface area contributed by atoms with Gasteiger partial charge in [0.05, 0.1) is 12.4 Å². The Morgan fingerprint density at radius 3 is 2.27 bits per heavy atom. The number of aryl methyl sites for hydroxylation is 3. The molecule has 5 heteroatoms. The van der Waals surface area contributed by atoms with Crippen molar-refractivity contribution in [3.05, 3.63) is 82.8 Å². The maximum atomic E-state index is 12.2. The van der Waals surface area contributed by atoms with E-state index in [-0.39, 0.29) is 5.91 Å². The molecule has 5 nitrogen and oxygen atoms in total. The van der Waals surface area contributed by atoms with Crippen molar-refractivity contribution in [3.8, 4) is 0 Å². The molecule has 0 saturated carbocycles. The van der Waals surface area contributed by atoms with E-state index < -0.39 is 0 Å². The molecule has 0 atom stereocenters. The first kappa shape index (κ1) is 17.6. The van der Waals surface area contributed by atoms with Gasteiger partial charge in [0.25, 0.3) is 5.91 Å². The average molecular weight is 346 g/mol. The smallest absolute Gasteiger partial charge is 0.271 e. The zero-order chi connectivity index (χ0) is 18.5. The topological polar surface area (TPSA) is 66.9 Å². The van der Waals surface area contributed by atoms with Crippen LogP contribution < -0.4 is 10.6 Å². The van der Waals surface area contributed by atoms with Crippen LogP contribution in [0, 0.1) is 20.8 Å². The van der Waals surface area contributed by atoms with Crippen molar-refractivity contribution in [2.24, 2.45) is 0 Å². The average Bonchev–Trinajstić information content (AvgIpc) is 2.64. The third-order valence-electron chi connectivity index (χ3n) is 4.11. The first-order chi connectivity index (χ1) is 12.5. The lowest BCUT2D eigenvalue weighted by Crippen LogP contribution is -2.24. The van der Waals surface area contributed by atoms with Crippen molar-refractivity contribution in [1.82, 2.24) is 15.3 Å². The molecule has 1 aromatic heterocycles. The number of hydrogen-bond acceptors (Lipinski definition) is 4. The molecular weight excluding hydrogens is 324 g/mol. The summed E-state index contributed by atoms with van der Waals surface area (Å²) in [5.41, 5.74) is 5.87. The molecule has 132 valence electrons. The Balaban J connectivity index is 1.66. The molecule has 2 N–H and O–H groups in total. The minimum atomic E-state index is -0.240. The molecule has 0 bridgehead atoms. The van der Waals surface area contributed by atoms with Crippen molar-refractivity contribution in [3.63, 3.8) is 0 Å². The molecule has 0 fully saturated rings. The van der Waals surface area contributed by atoms with Gasteiger partial charge in [0.1, 0.15) is 11.5 Å². The SMILES string of the molecule is Cc1cc(C)c(Nc2cnc(C(=O)NCc3ccccc3)cn2)c(C)c1. The number of amides is 1. The van der Waals surface area contributed by atoms with Crippen LogP contribution in [0.15, 0.2) is 54.9 Å². The summed E-state index contributed by atoms with van der Waals surface area (Å²) in [4.78, 5) is 20.7. The molecule has 0 aliphatic rings. The minimum Gasteiger partial charge on any atom is -0.347 e. The highest BCUT2D eigenvalue weighted by molar-refractivity contribution is 5.92. The summed E-state index contributed by atoms with van der Waals surface area (Å²) in [6.07, 6.45) is 3.07. The molecule has 0 aliphatic heterocycles. The standard InChI is InChI=1S/C21H22N4O/c1-14-9-15(2)20(16(3)10-14)25-19-13-22-18(12-23-19)21(26)24-11-17-7-5-4-6-8-17/h4-10,12-13H,11H2,1-3H3,(H,23,25)(H,24,26). The van der Waals surface area contributed by atoms with E-state index in [9.17, 15) is 4.79 Å². The first-order valence-electron chi connectivity index (χ1n) is 8.52. The predicted molar refractivity (Wildman–Crippen MR) is 104 cm³/mol. The van der Waals surface area contributed by atoms with Gasteiger partial charge in [-0.15, -0.1) is 0 Å². The third kappa shape index (κ3) is 4.25. The number of rotatable bonds is 5. The number of carbonyl (C=O) groups is 1. The maximum Gasteiger partial charge on any atom is 0.271 e. The Morgan fingerprint density at radius 2 is 1.65 bits per heavy atom. The van der Waals surface area contributed by atoms with Gasteiger partial charge in [0.15, 0.2) is 0 Å². The second-order valence-corrected chi connectivity index (χ2v) is 6.35. The van der Waals surface area contributed by atoms with Gasteiger partial charge < -0.3 is 10.6 Å². The number of benzene rings is 2. The summed E-state index contributed by atoms with van der Waals surface area (Å²) in [7, 11) is 0. The zero-order valence-corrected chi connectivity index (χ0v) is 15.2. The Hall–Kier alpha value is -3.21. The second kappa shape index (κ2) is 7.78. The van der Waals surface area contributed by atoms with E-state index in [1.54, 1.807) is 6.20 Å². The fourth-order valence-electron chi connectivity index (χ4n) is 2.88. The second-order valence-electron chi connectivity index (χ2n) is 6.35. The Kier molecular flexibility index (Phi) is 5.27. The van der Waals surface area contributed by atoms with E-state index >= 15 is 0 Å². The Morgan fingerprint density at radius 1 is 0.962 bits per heavy atom. The molecule has 1 heterocycles. The number of hydrogen-bond donors (Lipinski definition) is 2. The van der Waals surface area contributed by atoms with Crippen LogP contribution in [0.5, 0.6) is 0 Å². The lowest BCUT2D eigenvalue weighted by atomic mass is 10.1. The fraction of sp³-hybridized carbons (Fsp3) is 0.190. The lowest BCUT2D eigenvalue weighted by Gasteiger charge is -2.13. The van der Waals surface area contributed by atoms with E-state index in [2.05, 4.69) is 53.5 Å². The molecular formula is C21H22N4O. The Labute approximate surface area is 153 Å². The molecule has 2 aromatic carbocycles. The third-order valence-corrected chi connectivity index (χ3v) is 4.11. The number of anilines is 2. The number of nitrogens with one attached hydrogen (secondary N) is 2. The van der Waals surface area contributed by atoms with Gasteiger partial charge in [-0.25, -0.2) is 9.97 Å². The van der Waals surface area contributed by atoms with E-state index in [1.807, 2.05) is 30.3 Å². The number of nitrogens with zero attached hydrogens (tertiary/aromatic N) is 2. The highest BCUT2D eigenvalue weighted by atomic mass is 16.1. The van der Waals surface area contributed by atoms with Crippen LogP contribution in [0.4, 0.5) is 11.5 Å². The maximum absolute atomic E-state index is 12.2. The fourth-order valence-corrected chi connectivity index (χ4v) is 2.88. The molecule has 1 amide bonds. The van der Waals surface area contributed by atoms with Gasteiger partial charge in [-0.05, 0) is 37.5 Å². The van der Waals surface area contributed by atoms with E-state index in [4.69, 9.17) is 0 Å². The zero-order valence-electron chi connectivity index (χ0n) is 15.2. The summed E-state index contributed by atoms with van der Waals surface area (Å²) in [5.74, 6) is 0.371. The van der Waals surface area contributed by atoms with E-state index in [1.165, 1.54) is 11.8 Å². The van der Waals surface area contributed by atoms with Crippen LogP contribution in [0.3, 0.4) is 0 Å². The van der Waals surface area contributed by atoms with Gasteiger partial charge in [0.2, 0.25) is 0 Å². The van der Waals surface area contributed by atoms with Gasteiger partial charge in [-0.3, -0.25) is 4.79 Å². The van der Waals surface area contributed by atoms with Gasteiger partial charge in [-0.1, -0.05) is 48.0 Å². The molecule has 3 aromatic rings. The van der Waals surface area contributed by atoms with E-state index in [0.29, 0.717) is 18.1 Å². The largest absolute Gasteiger partial charge is 0.347 e. The first-order valence-corrected chi connectivity index (χ1v) is 8.52. The Bertz CT molecular complexity index is 882. The van der Waals surface area contributed by atoms with Gasteiger partial charge in [-0.2, -0.15) is 0 Å². The molecule has 3 rings (SSSR count). The molecule has 0 spiro atoms. The highest BCUT2D eigenvalue weighted by Crippen LogP contribution is 2.24. The lowest BCUT2D eigenvalue weighted by molar-refractivity contribution is 0.0945. The molecule has 0 aliphatic carbocycles.